The fourth-order valence-electron chi connectivity index (χ4n) is 5.42. The summed E-state index contributed by atoms with van der Waals surface area (Å²) >= 11 is 6.71. The van der Waals surface area contributed by atoms with Gasteiger partial charge in [-0.1, -0.05) is 54.1 Å². The number of hydrogen-bond donors (Lipinski definition) is 1. The van der Waals surface area contributed by atoms with Gasteiger partial charge in [0.05, 0.1) is 29.9 Å². The second-order valence-corrected chi connectivity index (χ2v) is 16.9. The van der Waals surface area contributed by atoms with Crippen LogP contribution in [0.2, 0.25) is 5.02 Å². The van der Waals surface area contributed by atoms with Crippen molar-refractivity contribution in [3.8, 4) is 11.3 Å². The lowest BCUT2D eigenvalue weighted by molar-refractivity contribution is -0.128. The number of hydrogen-bond acceptors (Lipinski definition) is 8. The minimum Gasteiger partial charge on any atom is -0.444 e. The molecular weight excluding hydrogens is 644 g/mol. The SMILES string of the molecule is CC(C)(C)OC(=O)N[C@@H](Cc1ccc(C2CC(=O)N(C(C)(C)C)S2(=O)=O)c(Cl)c1)c1ncc(-c2ccccc2)n1C(=O)OC(C)(C)C. The summed E-state index contributed by atoms with van der Waals surface area (Å²) in [6.07, 6.45) is -0.0116. The van der Waals surface area contributed by atoms with E-state index in [1.165, 1.54) is 10.8 Å². The fraction of sp³-hybridized carbons (Fsp3) is 0.471. The van der Waals surface area contributed by atoms with Gasteiger partial charge >= 0.3 is 12.2 Å². The van der Waals surface area contributed by atoms with Gasteiger partial charge in [-0.3, -0.25) is 4.79 Å². The Morgan fingerprint density at radius 3 is 2.13 bits per heavy atom. The topological polar surface area (TPSA) is 137 Å². The number of alkyl carbamates (subject to hydrolysis) is 1. The van der Waals surface area contributed by atoms with Crippen LogP contribution in [0.1, 0.15) is 97.0 Å². The number of ether oxygens (including phenoxy) is 2. The van der Waals surface area contributed by atoms with Gasteiger partial charge in [0.15, 0.2) is 0 Å². The number of amides is 2. The van der Waals surface area contributed by atoms with Gasteiger partial charge in [-0.25, -0.2) is 31.9 Å². The summed E-state index contributed by atoms with van der Waals surface area (Å²) in [5.74, 6) is -0.304. The van der Waals surface area contributed by atoms with Crippen molar-refractivity contribution in [3.63, 3.8) is 0 Å². The smallest absolute Gasteiger partial charge is 0.420 e. The van der Waals surface area contributed by atoms with Crippen LogP contribution in [0.5, 0.6) is 0 Å². The van der Waals surface area contributed by atoms with E-state index in [0.29, 0.717) is 22.4 Å². The maximum Gasteiger partial charge on any atom is 0.420 e. The fourth-order valence-corrected chi connectivity index (χ4v) is 8.07. The largest absolute Gasteiger partial charge is 0.444 e. The lowest BCUT2D eigenvalue weighted by Gasteiger charge is -2.31. The van der Waals surface area contributed by atoms with E-state index in [9.17, 15) is 22.8 Å². The van der Waals surface area contributed by atoms with Crippen molar-refractivity contribution in [3.05, 3.63) is 76.7 Å². The average Bonchev–Trinajstić information content (AvgIpc) is 3.45. The number of nitrogens with one attached hydrogen (secondary N) is 1. The molecule has 1 aliphatic rings. The first kappa shape index (κ1) is 35.9. The normalized spacial score (nSPS) is 17.4. The van der Waals surface area contributed by atoms with Crippen molar-refractivity contribution >= 4 is 39.7 Å². The first-order valence-corrected chi connectivity index (χ1v) is 17.2. The Balaban J connectivity index is 1.77. The molecule has 11 nitrogen and oxygen atoms in total. The predicted octanol–water partition coefficient (Wildman–Crippen LogP) is 7.20. The summed E-state index contributed by atoms with van der Waals surface area (Å²) in [4.78, 5) is 44.2. The Bertz CT molecular complexity index is 1770. The van der Waals surface area contributed by atoms with Crippen LogP contribution in [0, 0.1) is 0 Å². The number of imidazole rings is 1. The molecule has 0 radical (unpaired) electrons. The van der Waals surface area contributed by atoms with Crippen molar-refractivity contribution in [2.24, 2.45) is 0 Å². The van der Waals surface area contributed by atoms with E-state index in [4.69, 9.17) is 21.1 Å². The summed E-state index contributed by atoms with van der Waals surface area (Å²) in [6, 6.07) is 13.1. The molecule has 1 fully saturated rings. The molecular formula is C34H43ClN4O7S. The van der Waals surface area contributed by atoms with Crippen LogP contribution in [0.4, 0.5) is 9.59 Å². The molecule has 1 N–H and O–H groups in total. The van der Waals surface area contributed by atoms with E-state index in [-0.39, 0.29) is 23.7 Å². The number of carbonyl (C=O) groups excluding carboxylic acids is 3. The third-order valence-corrected chi connectivity index (χ3v) is 9.83. The summed E-state index contributed by atoms with van der Waals surface area (Å²) in [6.45, 7) is 15.5. The minimum atomic E-state index is -4.02. The van der Waals surface area contributed by atoms with Crippen molar-refractivity contribution in [1.82, 2.24) is 19.2 Å². The Labute approximate surface area is 281 Å². The van der Waals surface area contributed by atoms with Crippen LogP contribution in [-0.2, 0) is 30.7 Å². The number of nitrogens with zero attached hydrogens (tertiary/aromatic N) is 3. The summed E-state index contributed by atoms with van der Waals surface area (Å²) in [5, 5.41) is 1.86. The van der Waals surface area contributed by atoms with Crippen LogP contribution in [-0.4, -0.2) is 57.1 Å². The van der Waals surface area contributed by atoms with Gasteiger partial charge in [0, 0.05) is 17.0 Å². The zero-order valence-electron chi connectivity index (χ0n) is 28.3. The lowest BCUT2D eigenvalue weighted by atomic mass is 10.0. The number of halogens is 1. The Hall–Kier alpha value is -3.90. The zero-order chi connectivity index (χ0) is 35.1. The van der Waals surface area contributed by atoms with Crippen LogP contribution in [0.25, 0.3) is 11.3 Å². The lowest BCUT2D eigenvalue weighted by Crippen LogP contribution is -2.45. The standard InChI is InChI=1S/C34H43ClN4O7S/c1-32(2,3)39-28(40)19-27(47(39,43)44)23-16-15-21(17-24(23)35)18-25(37-30(41)45-33(4,5)6)29-36-20-26(22-13-11-10-12-14-22)38(29)31(42)46-34(7,8)9/h10-17,20,25,27H,18-19H2,1-9H3,(H,37,41)/t25-,27?/m0/s1. The van der Waals surface area contributed by atoms with Gasteiger partial charge in [0.1, 0.15) is 22.3 Å². The summed E-state index contributed by atoms with van der Waals surface area (Å²) in [7, 11) is -4.02. The number of carbonyl (C=O) groups is 3. The van der Waals surface area contributed by atoms with Gasteiger partial charge in [-0.15, -0.1) is 0 Å². The third-order valence-electron chi connectivity index (χ3n) is 7.10. The van der Waals surface area contributed by atoms with Crippen LogP contribution >= 0.6 is 11.6 Å². The molecule has 47 heavy (non-hydrogen) atoms. The molecule has 1 unspecified atom stereocenters. The van der Waals surface area contributed by atoms with E-state index >= 15 is 0 Å². The Morgan fingerprint density at radius 2 is 1.60 bits per heavy atom. The maximum absolute atomic E-state index is 13.7. The number of rotatable bonds is 6. The minimum absolute atomic E-state index is 0.0950. The van der Waals surface area contributed by atoms with Gasteiger partial charge < -0.3 is 14.8 Å². The van der Waals surface area contributed by atoms with Crippen molar-refractivity contribution < 1.29 is 32.3 Å². The molecule has 254 valence electrons. The summed E-state index contributed by atoms with van der Waals surface area (Å²) < 4.78 is 40.4. The highest BCUT2D eigenvalue weighted by molar-refractivity contribution is 7.90. The van der Waals surface area contributed by atoms with Crippen LogP contribution in [0.15, 0.2) is 54.7 Å². The highest BCUT2D eigenvalue weighted by Gasteiger charge is 2.50. The molecule has 1 saturated heterocycles. The quantitative estimate of drug-likeness (QED) is 0.288. The Kier molecular flexibility index (Phi) is 9.91. The zero-order valence-corrected chi connectivity index (χ0v) is 29.8. The monoisotopic (exact) mass is 686 g/mol. The molecule has 0 bridgehead atoms. The molecule has 3 aromatic rings. The van der Waals surface area contributed by atoms with Crippen LogP contribution < -0.4 is 5.32 Å². The van der Waals surface area contributed by atoms with Crippen molar-refractivity contribution in [2.45, 2.75) is 103 Å². The number of aromatic nitrogens is 2. The van der Waals surface area contributed by atoms with E-state index in [0.717, 1.165) is 4.31 Å². The van der Waals surface area contributed by atoms with E-state index < -0.39 is 56.1 Å². The van der Waals surface area contributed by atoms with E-state index in [1.807, 2.05) is 30.3 Å². The molecule has 2 aromatic carbocycles. The molecule has 2 heterocycles. The predicted molar refractivity (Wildman–Crippen MR) is 179 cm³/mol. The first-order valence-electron chi connectivity index (χ1n) is 15.3. The second-order valence-electron chi connectivity index (χ2n) is 14.5. The molecule has 2 amide bonds. The molecule has 0 spiro atoms. The Morgan fingerprint density at radius 1 is 0.979 bits per heavy atom. The molecule has 0 saturated carbocycles. The van der Waals surface area contributed by atoms with Crippen LogP contribution in [0.3, 0.4) is 0 Å². The first-order chi connectivity index (χ1) is 21.6. The van der Waals surface area contributed by atoms with Gasteiger partial charge in [0.25, 0.3) is 0 Å². The van der Waals surface area contributed by atoms with Gasteiger partial charge in [-0.2, -0.15) is 0 Å². The molecule has 2 atom stereocenters. The highest BCUT2D eigenvalue weighted by Crippen LogP contribution is 2.43. The average molecular weight is 687 g/mol. The number of sulfonamides is 1. The van der Waals surface area contributed by atoms with Crippen molar-refractivity contribution in [2.75, 3.05) is 0 Å². The van der Waals surface area contributed by atoms with E-state index in [2.05, 4.69) is 10.3 Å². The molecule has 13 heteroatoms. The maximum atomic E-state index is 13.7. The second kappa shape index (κ2) is 13.0. The number of benzene rings is 2. The van der Waals surface area contributed by atoms with E-state index in [1.54, 1.807) is 80.5 Å². The molecule has 4 rings (SSSR count). The highest BCUT2D eigenvalue weighted by atomic mass is 35.5. The van der Waals surface area contributed by atoms with Gasteiger partial charge in [-0.05, 0) is 79.5 Å². The molecule has 1 aromatic heterocycles. The van der Waals surface area contributed by atoms with Gasteiger partial charge in [0.2, 0.25) is 15.9 Å². The third kappa shape index (κ3) is 8.34. The molecule has 0 aliphatic carbocycles. The van der Waals surface area contributed by atoms with Crippen molar-refractivity contribution in [1.29, 1.82) is 0 Å². The summed E-state index contributed by atoms with van der Waals surface area (Å²) in [5.41, 5.74) is -0.486. The molecule has 1 aliphatic heterocycles.